The molecule has 0 saturated heterocycles. The Morgan fingerprint density at radius 1 is 1.38 bits per heavy atom. The van der Waals surface area contributed by atoms with E-state index in [0.717, 1.165) is 25.7 Å². The van der Waals surface area contributed by atoms with Crippen LogP contribution in [0.1, 0.15) is 32.6 Å². The van der Waals surface area contributed by atoms with Gasteiger partial charge in [0.2, 0.25) is 0 Å². The summed E-state index contributed by atoms with van der Waals surface area (Å²) in [5, 5.41) is 13.6. The topological polar surface area (TPSA) is 58.6 Å². The molecule has 3 unspecified atom stereocenters. The summed E-state index contributed by atoms with van der Waals surface area (Å²) >= 11 is 11.8. The quantitative estimate of drug-likeness (QED) is 0.890. The normalized spacial score (nSPS) is 23.4. The molecule has 1 aliphatic carbocycles. The molecule has 2 rings (SSSR count). The molecule has 1 aromatic carbocycles. The Morgan fingerprint density at radius 2 is 2.10 bits per heavy atom. The summed E-state index contributed by atoms with van der Waals surface area (Å²) in [5.74, 6) is 0.153. The van der Waals surface area contributed by atoms with Crippen molar-refractivity contribution in [1.29, 1.82) is 0 Å². The van der Waals surface area contributed by atoms with Gasteiger partial charge in [0, 0.05) is 5.02 Å². The van der Waals surface area contributed by atoms with Gasteiger partial charge >= 0.3 is 0 Å². The lowest BCUT2D eigenvalue weighted by Gasteiger charge is -2.29. The van der Waals surface area contributed by atoms with Crippen LogP contribution < -0.4 is 10.1 Å². The maximum Gasteiger partial charge on any atom is 0.261 e. The second kappa shape index (κ2) is 7.34. The van der Waals surface area contributed by atoms with Crippen LogP contribution in [0.25, 0.3) is 0 Å². The van der Waals surface area contributed by atoms with Gasteiger partial charge in [-0.1, -0.05) is 36.0 Å². The predicted octanol–water partition coefficient (Wildman–Crippen LogP) is 3.18. The Kier molecular flexibility index (Phi) is 5.73. The Labute approximate surface area is 134 Å². The van der Waals surface area contributed by atoms with Crippen LogP contribution in [0.4, 0.5) is 0 Å². The summed E-state index contributed by atoms with van der Waals surface area (Å²) in [6.45, 7) is 1.65. The highest BCUT2D eigenvalue weighted by molar-refractivity contribution is 6.35. The van der Waals surface area contributed by atoms with Gasteiger partial charge in [-0.05, 0) is 38.0 Å². The van der Waals surface area contributed by atoms with E-state index < -0.39 is 12.2 Å². The number of carbonyl (C=O) groups excluding carboxylic acids is 1. The molecular formula is C15H19Cl2NO3. The van der Waals surface area contributed by atoms with E-state index in [-0.39, 0.29) is 11.9 Å². The van der Waals surface area contributed by atoms with E-state index in [1.54, 1.807) is 25.1 Å². The highest BCUT2D eigenvalue weighted by Gasteiger charge is 2.27. The number of halogens is 2. The Hall–Kier alpha value is -0.970. The lowest BCUT2D eigenvalue weighted by Crippen LogP contribution is -2.49. The number of hydrogen-bond acceptors (Lipinski definition) is 3. The first-order valence-electron chi connectivity index (χ1n) is 7.07. The van der Waals surface area contributed by atoms with E-state index in [0.29, 0.717) is 15.8 Å². The van der Waals surface area contributed by atoms with Gasteiger partial charge in [0.05, 0.1) is 17.2 Å². The number of benzene rings is 1. The molecule has 1 aromatic rings. The largest absolute Gasteiger partial charge is 0.479 e. The molecule has 116 valence electrons. The summed E-state index contributed by atoms with van der Waals surface area (Å²) in [6, 6.07) is 4.65. The minimum Gasteiger partial charge on any atom is -0.479 e. The molecule has 0 aromatic heterocycles. The number of nitrogens with one attached hydrogen (secondary N) is 1. The van der Waals surface area contributed by atoms with Crippen LogP contribution in [0.15, 0.2) is 18.2 Å². The van der Waals surface area contributed by atoms with Crippen molar-refractivity contribution in [2.45, 2.75) is 50.9 Å². The molecule has 1 saturated carbocycles. The fraction of sp³-hybridized carbons (Fsp3) is 0.533. The summed E-state index contributed by atoms with van der Waals surface area (Å²) < 4.78 is 5.55. The van der Waals surface area contributed by atoms with Gasteiger partial charge in [0.25, 0.3) is 5.91 Å². The molecule has 2 N–H and O–H groups in total. The fourth-order valence-electron chi connectivity index (χ4n) is 2.39. The van der Waals surface area contributed by atoms with Crippen molar-refractivity contribution < 1.29 is 14.6 Å². The van der Waals surface area contributed by atoms with Crippen LogP contribution in [0.2, 0.25) is 10.0 Å². The van der Waals surface area contributed by atoms with Gasteiger partial charge in [-0.25, -0.2) is 0 Å². The first-order chi connectivity index (χ1) is 9.97. The van der Waals surface area contributed by atoms with Gasteiger partial charge < -0.3 is 15.2 Å². The number of amides is 1. The molecule has 21 heavy (non-hydrogen) atoms. The van der Waals surface area contributed by atoms with Crippen molar-refractivity contribution in [3.8, 4) is 5.75 Å². The molecule has 3 atom stereocenters. The molecule has 0 spiro atoms. The monoisotopic (exact) mass is 331 g/mol. The number of aliphatic hydroxyl groups excluding tert-OH is 1. The molecule has 4 nitrogen and oxygen atoms in total. The second-order valence-corrected chi connectivity index (χ2v) is 6.15. The van der Waals surface area contributed by atoms with Crippen molar-refractivity contribution >= 4 is 29.1 Å². The maximum atomic E-state index is 12.1. The highest BCUT2D eigenvalue weighted by atomic mass is 35.5. The standard InChI is InChI=1S/C15H19Cl2NO3/c1-9(21-14-7-6-10(16)8-11(14)17)15(20)18-12-4-2-3-5-13(12)19/h6-9,12-13,19H,2-5H2,1H3,(H,18,20). The molecule has 0 heterocycles. The maximum absolute atomic E-state index is 12.1. The Balaban J connectivity index is 1.92. The van der Waals surface area contributed by atoms with E-state index in [2.05, 4.69) is 5.32 Å². The van der Waals surface area contributed by atoms with Crippen molar-refractivity contribution in [2.24, 2.45) is 0 Å². The summed E-state index contributed by atoms with van der Waals surface area (Å²) in [7, 11) is 0. The van der Waals surface area contributed by atoms with E-state index in [4.69, 9.17) is 27.9 Å². The Morgan fingerprint density at radius 3 is 2.76 bits per heavy atom. The van der Waals surface area contributed by atoms with E-state index in [1.807, 2.05) is 0 Å². The number of ether oxygens (including phenoxy) is 1. The van der Waals surface area contributed by atoms with Crippen LogP contribution in [-0.2, 0) is 4.79 Å². The van der Waals surface area contributed by atoms with Crippen molar-refractivity contribution in [1.82, 2.24) is 5.32 Å². The molecular weight excluding hydrogens is 313 g/mol. The first kappa shape index (κ1) is 16.4. The zero-order valence-corrected chi connectivity index (χ0v) is 13.3. The van der Waals surface area contributed by atoms with Crippen LogP contribution in [0, 0.1) is 0 Å². The van der Waals surface area contributed by atoms with Crippen molar-refractivity contribution in [2.75, 3.05) is 0 Å². The third kappa shape index (κ3) is 4.50. The van der Waals surface area contributed by atoms with Gasteiger partial charge in [0.15, 0.2) is 6.10 Å². The fourth-order valence-corrected chi connectivity index (χ4v) is 2.85. The number of aliphatic hydroxyl groups is 1. The van der Waals surface area contributed by atoms with Crippen LogP contribution in [0.5, 0.6) is 5.75 Å². The molecule has 1 fully saturated rings. The van der Waals surface area contributed by atoms with Gasteiger partial charge in [-0.3, -0.25) is 4.79 Å². The van der Waals surface area contributed by atoms with E-state index in [1.165, 1.54) is 0 Å². The average molecular weight is 332 g/mol. The van der Waals surface area contributed by atoms with E-state index >= 15 is 0 Å². The molecule has 0 bridgehead atoms. The first-order valence-corrected chi connectivity index (χ1v) is 7.83. The Bertz CT molecular complexity index is 510. The summed E-state index contributed by atoms with van der Waals surface area (Å²) in [6.07, 6.45) is 2.36. The predicted molar refractivity (Wildman–Crippen MR) is 83.0 cm³/mol. The number of rotatable bonds is 4. The molecule has 0 aliphatic heterocycles. The molecule has 6 heteroatoms. The van der Waals surface area contributed by atoms with E-state index in [9.17, 15) is 9.90 Å². The SMILES string of the molecule is CC(Oc1ccc(Cl)cc1Cl)C(=O)NC1CCCCC1O. The van der Waals surface area contributed by atoms with Crippen LogP contribution in [0.3, 0.4) is 0 Å². The zero-order chi connectivity index (χ0) is 15.4. The number of carbonyl (C=O) groups is 1. The number of hydrogen-bond donors (Lipinski definition) is 2. The lowest BCUT2D eigenvalue weighted by molar-refractivity contribution is -0.129. The third-order valence-corrected chi connectivity index (χ3v) is 4.15. The molecule has 1 amide bonds. The van der Waals surface area contributed by atoms with Gasteiger partial charge in [-0.2, -0.15) is 0 Å². The lowest BCUT2D eigenvalue weighted by atomic mass is 9.92. The van der Waals surface area contributed by atoms with Crippen molar-refractivity contribution in [3.63, 3.8) is 0 Å². The minimum atomic E-state index is -0.696. The van der Waals surface area contributed by atoms with Crippen LogP contribution >= 0.6 is 23.2 Å². The summed E-state index contributed by atoms with van der Waals surface area (Å²) in [5.41, 5.74) is 0. The molecule has 0 radical (unpaired) electrons. The van der Waals surface area contributed by atoms with Crippen LogP contribution in [-0.4, -0.2) is 29.3 Å². The summed E-state index contributed by atoms with van der Waals surface area (Å²) in [4.78, 5) is 12.1. The van der Waals surface area contributed by atoms with Crippen molar-refractivity contribution in [3.05, 3.63) is 28.2 Å². The third-order valence-electron chi connectivity index (χ3n) is 3.62. The minimum absolute atomic E-state index is 0.196. The van der Waals surface area contributed by atoms with Gasteiger partial charge in [0.1, 0.15) is 5.75 Å². The zero-order valence-electron chi connectivity index (χ0n) is 11.8. The van der Waals surface area contributed by atoms with Gasteiger partial charge in [-0.15, -0.1) is 0 Å². The highest BCUT2D eigenvalue weighted by Crippen LogP contribution is 2.28. The molecule has 1 aliphatic rings. The average Bonchev–Trinajstić information content (AvgIpc) is 2.44. The second-order valence-electron chi connectivity index (χ2n) is 5.30. The smallest absolute Gasteiger partial charge is 0.261 e.